The van der Waals surface area contributed by atoms with Crippen molar-refractivity contribution in [2.45, 2.75) is 84.7 Å². The van der Waals surface area contributed by atoms with Gasteiger partial charge in [-0.25, -0.2) is 0 Å². The van der Waals surface area contributed by atoms with Gasteiger partial charge in [-0.15, -0.1) is 0 Å². The Hall–Kier alpha value is -2.18. The highest BCUT2D eigenvalue weighted by Gasteiger charge is 2.60. The Balaban J connectivity index is 1.62. The van der Waals surface area contributed by atoms with Gasteiger partial charge in [0.2, 0.25) is 0 Å². The van der Waals surface area contributed by atoms with Crippen molar-refractivity contribution in [2.24, 2.45) is 33.7 Å². The van der Waals surface area contributed by atoms with Gasteiger partial charge >= 0.3 is 11.9 Å². The molecular formula is C26H37NO6. The monoisotopic (exact) mass is 459 g/mol. The van der Waals surface area contributed by atoms with Gasteiger partial charge < -0.3 is 14.3 Å². The van der Waals surface area contributed by atoms with E-state index >= 15 is 0 Å². The van der Waals surface area contributed by atoms with E-state index in [-0.39, 0.29) is 40.7 Å². The van der Waals surface area contributed by atoms with Crippen LogP contribution in [0.1, 0.15) is 78.6 Å². The highest BCUT2D eigenvalue weighted by atomic mass is 16.6. The first kappa shape index (κ1) is 24.0. The largest absolute Gasteiger partial charge is 0.469 e. The fourth-order valence-electron chi connectivity index (χ4n) is 7.09. The van der Waals surface area contributed by atoms with E-state index in [2.05, 4.69) is 29.8 Å². The van der Waals surface area contributed by atoms with Gasteiger partial charge in [-0.05, 0) is 61.9 Å². The van der Waals surface area contributed by atoms with Crippen LogP contribution < -0.4 is 0 Å². The van der Waals surface area contributed by atoms with Gasteiger partial charge in [-0.1, -0.05) is 24.6 Å². The van der Waals surface area contributed by atoms with Gasteiger partial charge in [-0.3, -0.25) is 14.4 Å². The maximum absolute atomic E-state index is 12.8. The number of esters is 2. The van der Waals surface area contributed by atoms with Crippen LogP contribution in [0.2, 0.25) is 0 Å². The molecule has 0 saturated heterocycles. The van der Waals surface area contributed by atoms with E-state index < -0.39 is 0 Å². The lowest BCUT2D eigenvalue weighted by Gasteiger charge is -2.56. The summed E-state index contributed by atoms with van der Waals surface area (Å²) in [5, 5.41) is 4.58. The number of ether oxygens (including phenoxy) is 2. The Morgan fingerprint density at radius 1 is 1.12 bits per heavy atom. The van der Waals surface area contributed by atoms with E-state index in [9.17, 15) is 14.4 Å². The molecule has 0 spiro atoms. The summed E-state index contributed by atoms with van der Waals surface area (Å²) in [7, 11) is 1.38. The third kappa shape index (κ3) is 4.35. The first-order valence-corrected chi connectivity index (χ1v) is 12.4. The van der Waals surface area contributed by atoms with Crippen molar-refractivity contribution in [1.82, 2.24) is 0 Å². The molecule has 0 aromatic carbocycles. The molecule has 0 N–H and O–H groups in total. The SMILES string of the molecule is COC(=O)CCCO/N=C1\C=C2C[C@@H](OC(C)=O)CC[C@]2(C)C2CC[C@]3(C)C(=O)CCC3C12. The highest BCUT2D eigenvalue weighted by Crippen LogP contribution is 2.63. The van der Waals surface area contributed by atoms with E-state index in [1.54, 1.807) is 0 Å². The van der Waals surface area contributed by atoms with E-state index in [0.29, 0.717) is 37.6 Å². The minimum atomic E-state index is -0.274. The van der Waals surface area contributed by atoms with E-state index in [0.717, 1.165) is 44.2 Å². The van der Waals surface area contributed by atoms with Crippen LogP contribution in [0, 0.1) is 28.6 Å². The number of hydrogen-bond acceptors (Lipinski definition) is 7. The van der Waals surface area contributed by atoms with Crippen LogP contribution in [0.5, 0.6) is 0 Å². The highest BCUT2D eigenvalue weighted by molar-refractivity contribution is 6.00. The van der Waals surface area contributed by atoms with Gasteiger partial charge in [0.05, 0.1) is 12.8 Å². The Labute approximate surface area is 196 Å². The lowest BCUT2D eigenvalue weighted by Crippen LogP contribution is -2.53. The predicted molar refractivity (Wildman–Crippen MR) is 122 cm³/mol. The Kier molecular flexibility index (Phi) is 6.70. The van der Waals surface area contributed by atoms with Gasteiger partial charge in [0.1, 0.15) is 18.5 Å². The van der Waals surface area contributed by atoms with Gasteiger partial charge in [0, 0.05) is 37.5 Å². The molecule has 7 nitrogen and oxygen atoms in total. The predicted octanol–water partition coefficient (Wildman–Crippen LogP) is 4.39. The Bertz CT molecular complexity index is 878. The van der Waals surface area contributed by atoms with Crippen molar-refractivity contribution in [3.05, 3.63) is 11.6 Å². The molecule has 33 heavy (non-hydrogen) atoms. The average Bonchev–Trinajstić information content (AvgIpc) is 3.08. The normalized spacial score (nSPS) is 38.6. The molecule has 4 aliphatic carbocycles. The van der Waals surface area contributed by atoms with E-state index in [4.69, 9.17) is 9.57 Å². The number of oxime groups is 1. The zero-order chi connectivity index (χ0) is 23.8. The second kappa shape index (κ2) is 9.22. The summed E-state index contributed by atoms with van der Waals surface area (Å²) in [6.45, 7) is 6.31. The molecule has 3 unspecified atom stereocenters. The minimum Gasteiger partial charge on any atom is -0.469 e. The second-order valence-corrected chi connectivity index (χ2v) is 10.7. The second-order valence-electron chi connectivity index (χ2n) is 10.7. The summed E-state index contributed by atoms with van der Waals surface area (Å²) < 4.78 is 10.2. The average molecular weight is 460 g/mol. The molecule has 182 valence electrons. The third-order valence-electron chi connectivity index (χ3n) is 8.98. The number of Topliss-reactive ketones (excluding diaryl/α,β-unsaturated/α-hetero) is 1. The summed E-state index contributed by atoms with van der Waals surface area (Å²) in [5.41, 5.74) is 1.95. The minimum absolute atomic E-state index is 0.0260. The number of methoxy groups -OCH3 is 1. The standard InChI is InChI=1S/C26H37NO6/c1-16(28)33-18-9-11-25(2)17(14-18)15-21(27-32-13-5-6-23(30)31-4)24-19-7-8-22(29)26(19,3)12-10-20(24)25/h15,18-20,24H,5-14H2,1-4H3/b27-21+/t18-,19?,20?,24?,25-,26-/m0/s1. The van der Waals surface area contributed by atoms with Crippen molar-refractivity contribution in [3.8, 4) is 0 Å². The molecule has 0 heterocycles. The van der Waals surface area contributed by atoms with Crippen LogP contribution in [0.15, 0.2) is 16.8 Å². The topological polar surface area (TPSA) is 91.3 Å². The number of fused-ring (bicyclic) bond motifs is 5. The number of carbonyl (C=O) groups is 3. The number of ketones is 1. The van der Waals surface area contributed by atoms with Gasteiger partial charge in [0.25, 0.3) is 0 Å². The number of allylic oxidation sites excluding steroid dienone is 1. The van der Waals surface area contributed by atoms with Crippen molar-refractivity contribution in [3.63, 3.8) is 0 Å². The molecular weight excluding hydrogens is 422 g/mol. The Morgan fingerprint density at radius 3 is 2.58 bits per heavy atom. The number of nitrogens with zero attached hydrogens (tertiary/aromatic N) is 1. The van der Waals surface area contributed by atoms with E-state index in [1.165, 1.54) is 19.6 Å². The molecule has 0 aliphatic heterocycles. The molecule has 3 saturated carbocycles. The number of carbonyl (C=O) groups excluding carboxylic acids is 3. The van der Waals surface area contributed by atoms with Crippen LogP contribution in [0.3, 0.4) is 0 Å². The van der Waals surface area contributed by atoms with Crippen LogP contribution in [0.25, 0.3) is 0 Å². The summed E-state index contributed by atoms with van der Waals surface area (Å²) in [5.74, 6) is 0.767. The number of rotatable bonds is 6. The summed E-state index contributed by atoms with van der Waals surface area (Å²) in [4.78, 5) is 41.4. The molecule has 6 atom stereocenters. The molecule has 3 fully saturated rings. The zero-order valence-electron chi connectivity index (χ0n) is 20.4. The molecule has 7 heteroatoms. The molecule has 4 aliphatic rings. The van der Waals surface area contributed by atoms with Crippen LogP contribution in [-0.2, 0) is 28.7 Å². The first-order valence-electron chi connectivity index (χ1n) is 12.4. The molecule has 0 aromatic heterocycles. The molecule has 0 amide bonds. The van der Waals surface area contributed by atoms with Gasteiger partial charge in [0.15, 0.2) is 0 Å². The van der Waals surface area contributed by atoms with E-state index in [1.807, 2.05) is 0 Å². The molecule has 0 bridgehead atoms. The maximum Gasteiger partial charge on any atom is 0.305 e. The van der Waals surface area contributed by atoms with Crippen molar-refractivity contribution < 1.29 is 28.7 Å². The first-order chi connectivity index (χ1) is 15.7. The Morgan fingerprint density at radius 2 is 1.85 bits per heavy atom. The van der Waals surface area contributed by atoms with Crippen molar-refractivity contribution >= 4 is 23.4 Å². The summed E-state index contributed by atoms with van der Waals surface area (Å²) in [6.07, 6.45) is 8.97. The van der Waals surface area contributed by atoms with Crippen molar-refractivity contribution in [2.75, 3.05) is 13.7 Å². The fourth-order valence-corrected chi connectivity index (χ4v) is 7.09. The maximum atomic E-state index is 12.8. The lowest BCUT2D eigenvalue weighted by molar-refractivity contribution is -0.148. The summed E-state index contributed by atoms with van der Waals surface area (Å²) >= 11 is 0. The number of hydrogen-bond donors (Lipinski definition) is 0. The van der Waals surface area contributed by atoms with Crippen LogP contribution in [0.4, 0.5) is 0 Å². The fraction of sp³-hybridized carbons (Fsp3) is 0.769. The van der Waals surface area contributed by atoms with Crippen molar-refractivity contribution in [1.29, 1.82) is 0 Å². The van der Waals surface area contributed by atoms with Gasteiger partial charge in [-0.2, -0.15) is 0 Å². The molecule has 0 radical (unpaired) electrons. The quantitative estimate of drug-likeness (QED) is 0.332. The molecule has 4 rings (SSSR count). The molecule has 0 aromatic rings. The van der Waals surface area contributed by atoms with Crippen LogP contribution in [-0.4, -0.2) is 43.3 Å². The third-order valence-corrected chi connectivity index (χ3v) is 8.98. The smallest absolute Gasteiger partial charge is 0.305 e. The lowest BCUT2D eigenvalue weighted by atomic mass is 9.47. The summed E-state index contributed by atoms with van der Waals surface area (Å²) in [6, 6.07) is 0. The zero-order valence-corrected chi connectivity index (χ0v) is 20.4. The van der Waals surface area contributed by atoms with Crippen LogP contribution >= 0.6 is 0 Å².